The molecule has 1 heterocycles. The van der Waals surface area contributed by atoms with E-state index < -0.39 is 17.9 Å². The SMILES string of the molecule is C[C@@H](C(=O)O)[C@H](NC(=O)c1cccs1)c1ccccc1. The zero-order valence-corrected chi connectivity index (χ0v) is 11.8. The minimum absolute atomic E-state index is 0.248. The van der Waals surface area contributed by atoms with E-state index in [0.717, 1.165) is 5.56 Å². The van der Waals surface area contributed by atoms with E-state index in [1.807, 2.05) is 35.7 Å². The molecular formula is C15H15NO3S. The lowest BCUT2D eigenvalue weighted by atomic mass is 9.94. The first-order chi connectivity index (χ1) is 9.59. The lowest BCUT2D eigenvalue weighted by Gasteiger charge is -2.22. The lowest BCUT2D eigenvalue weighted by molar-refractivity contribution is -0.142. The molecule has 1 aromatic carbocycles. The molecule has 4 nitrogen and oxygen atoms in total. The molecule has 2 atom stereocenters. The van der Waals surface area contributed by atoms with Crippen LogP contribution in [0.5, 0.6) is 0 Å². The summed E-state index contributed by atoms with van der Waals surface area (Å²) in [6.45, 7) is 1.59. The van der Waals surface area contributed by atoms with Gasteiger partial charge in [-0.15, -0.1) is 11.3 Å². The van der Waals surface area contributed by atoms with Gasteiger partial charge in [0.25, 0.3) is 5.91 Å². The van der Waals surface area contributed by atoms with E-state index in [9.17, 15) is 14.7 Å². The van der Waals surface area contributed by atoms with Crippen LogP contribution in [0.15, 0.2) is 47.8 Å². The minimum Gasteiger partial charge on any atom is -0.481 e. The number of amides is 1. The van der Waals surface area contributed by atoms with Crippen molar-refractivity contribution in [3.8, 4) is 0 Å². The van der Waals surface area contributed by atoms with Crippen molar-refractivity contribution in [1.29, 1.82) is 0 Å². The van der Waals surface area contributed by atoms with Crippen LogP contribution in [-0.2, 0) is 4.79 Å². The molecule has 0 unspecified atom stereocenters. The molecule has 0 saturated heterocycles. The minimum atomic E-state index is -0.940. The molecule has 0 aliphatic heterocycles. The quantitative estimate of drug-likeness (QED) is 0.889. The maximum Gasteiger partial charge on any atom is 0.308 e. The third-order valence-corrected chi connectivity index (χ3v) is 3.95. The van der Waals surface area contributed by atoms with Gasteiger partial charge in [-0.05, 0) is 23.9 Å². The molecule has 104 valence electrons. The summed E-state index contributed by atoms with van der Waals surface area (Å²) in [6.07, 6.45) is 0. The van der Waals surface area contributed by atoms with Gasteiger partial charge in [-0.3, -0.25) is 9.59 Å². The highest BCUT2D eigenvalue weighted by atomic mass is 32.1. The summed E-state index contributed by atoms with van der Waals surface area (Å²) in [5.74, 6) is -1.89. The Balaban J connectivity index is 2.24. The van der Waals surface area contributed by atoms with Crippen LogP contribution in [0.2, 0.25) is 0 Å². The first-order valence-corrected chi connectivity index (χ1v) is 7.09. The maximum absolute atomic E-state index is 12.1. The molecule has 0 aliphatic rings. The highest BCUT2D eigenvalue weighted by Crippen LogP contribution is 2.23. The molecule has 5 heteroatoms. The second-order valence-corrected chi connectivity index (χ2v) is 5.41. The fourth-order valence-corrected chi connectivity index (χ4v) is 2.55. The molecule has 2 rings (SSSR count). The first-order valence-electron chi connectivity index (χ1n) is 6.21. The number of aliphatic carboxylic acids is 1. The standard InChI is InChI=1S/C15H15NO3S/c1-10(15(18)19)13(11-6-3-2-4-7-11)16-14(17)12-8-5-9-20-12/h2-10,13H,1H3,(H,16,17)(H,18,19)/t10-,13+/m1/s1. The third-order valence-electron chi connectivity index (χ3n) is 3.08. The second kappa shape index (κ2) is 6.34. The Morgan fingerprint density at radius 3 is 2.40 bits per heavy atom. The number of carboxylic acids is 1. The van der Waals surface area contributed by atoms with Gasteiger partial charge in [-0.2, -0.15) is 0 Å². The van der Waals surface area contributed by atoms with Gasteiger partial charge >= 0.3 is 5.97 Å². The smallest absolute Gasteiger partial charge is 0.308 e. The molecule has 0 spiro atoms. The summed E-state index contributed by atoms with van der Waals surface area (Å²) in [5, 5.41) is 13.8. The molecule has 1 amide bonds. The van der Waals surface area contributed by atoms with Gasteiger partial charge in [0.2, 0.25) is 0 Å². The van der Waals surface area contributed by atoms with Gasteiger partial charge in [0.05, 0.1) is 16.8 Å². The number of rotatable bonds is 5. The first kappa shape index (κ1) is 14.3. The van der Waals surface area contributed by atoms with Crippen LogP contribution in [0.1, 0.15) is 28.2 Å². The van der Waals surface area contributed by atoms with Crippen molar-refractivity contribution >= 4 is 23.2 Å². The third kappa shape index (κ3) is 3.24. The van der Waals surface area contributed by atoms with Crippen LogP contribution in [0, 0.1) is 5.92 Å². The summed E-state index contributed by atoms with van der Waals surface area (Å²) in [5.41, 5.74) is 0.785. The molecule has 0 bridgehead atoms. The Morgan fingerprint density at radius 2 is 1.85 bits per heavy atom. The summed E-state index contributed by atoms with van der Waals surface area (Å²) in [6, 6.07) is 12.1. The van der Waals surface area contributed by atoms with Crippen LogP contribution in [-0.4, -0.2) is 17.0 Å². The lowest BCUT2D eigenvalue weighted by Crippen LogP contribution is -2.35. The fraction of sp³-hybridized carbons (Fsp3) is 0.200. The molecule has 20 heavy (non-hydrogen) atoms. The van der Waals surface area contributed by atoms with Crippen molar-refractivity contribution in [2.75, 3.05) is 0 Å². The normalized spacial score (nSPS) is 13.4. The van der Waals surface area contributed by atoms with E-state index in [1.54, 1.807) is 19.1 Å². The van der Waals surface area contributed by atoms with Gasteiger partial charge < -0.3 is 10.4 Å². The Morgan fingerprint density at radius 1 is 1.15 bits per heavy atom. The number of hydrogen-bond donors (Lipinski definition) is 2. The predicted octanol–water partition coefficient (Wildman–Crippen LogP) is 2.94. The predicted molar refractivity (Wildman–Crippen MR) is 77.8 cm³/mol. The number of carbonyl (C=O) groups is 2. The molecule has 2 N–H and O–H groups in total. The van der Waals surface area contributed by atoms with Crippen LogP contribution >= 0.6 is 11.3 Å². The van der Waals surface area contributed by atoms with E-state index in [4.69, 9.17) is 0 Å². The maximum atomic E-state index is 12.1. The van der Waals surface area contributed by atoms with Gasteiger partial charge in [0.15, 0.2) is 0 Å². The van der Waals surface area contributed by atoms with Crippen molar-refractivity contribution in [3.63, 3.8) is 0 Å². The van der Waals surface area contributed by atoms with E-state index in [2.05, 4.69) is 5.32 Å². The van der Waals surface area contributed by atoms with Gasteiger partial charge in [-0.25, -0.2) is 0 Å². The van der Waals surface area contributed by atoms with E-state index in [-0.39, 0.29) is 5.91 Å². The van der Waals surface area contributed by atoms with Crippen molar-refractivity contribution in [2.24, 2.45) is 5.92 Å². The summed E-state index contributed by atoms with van der Waals surface area (Å²) in [4.78, 5) is 23.9. The van der Waals surface area contributed by atoms with Crippen LogP contribution in [0.3, 0.4) is 0 Å². The second-order valence-electron chi connectivity index (χ2n) is 4.47. The number of carboxylic acid groups (broad SMARTS) is 1. The number of hydrogen-bond acceptors (Lipinski definition) is 3. The highest BCUT2D eigenvalue weighted by molar-refractivity contribution is 7.12. The number of nitrogens with one attached hydrogen (secondary N) is 1. The van der Waals surface area contributed by atoms with Crippen molar-refractivity contribution in [3.05, 3.63) is 58.3 Å². The van der Waals surface area contributed by atoms with Crippen LogP contribution in [0.25, 0.3) is 0 Å². The van der Waals surface area contributed by atoms with Crippen molar-refractivity contribution in [2.45, 2.75) is 13.0 Å². The number of carbonyl (C=O) groups excluding carboxylic acids is 1. The highest BCUT2D eigenvalue weighted by Gasteiger charge is 2.27. The Bertz CT molecular complexity index is 580. The average molecular weight is 289 g/mol. The zero-order valence-electron chi connectivity index (χ0n) is 10.9. The topological polar surface area (TPSA) is 66.4 Å². The average Bonchev–Trinajstić information content (AvgIpc) is 2.99. The molecule has 0 aliphatic carbocycles. The summed E-state index contributed by atoms with van der Waals surface area (Å²) in [7, 11) is 0. The molecule has 0 radical (unpaired) electrons. The molecule has 0 saturated carbocycles. The van der Waals surface area contributed by atoms with E-state index in [1.165, 1.54) is 11.3 Å². The van der Waals surface area contributed by atoms with Crippen LogP contribution < -0.4 is 5.32 Å². The summed E-state index contributed by atoms with van der Waals surface area (Å²) >= 11 is 1.33. The largest absolute Gasteiger partial charge is 0.481 e. The van der Waals surface area contributed by atoms with Gasteiger partial charge in [0, 0.05) is 0 Å². The van der Waals surface area contributed by atoms with E-state index in [0.29, 0.717) is 4.88 Å². The molecular weight excluding hydrogens is 274 g/mol. The molecule has 2 aromatic rings. The Kier molecular flexibility index (Phi) is 4.53. The van der Waals surface area contributed by atoms with E-state index >= 15 is 0 Å². The summed E-state index contributed by atoms with van der Waals surface area (Å²) < 4.78 is 0. The van der Waals surface area contributed by atoms with Gasteiger partial charge in [0.1, 0.15) is 0 Å². The number of thiophene rings is 1. The Labute approximate surface area is 121 Å². The molecule has 0 fully saturated rings. The fourth-order valence-electron chi connectivity index (χ4n) is 1.92. The monoisotopic (exact) mass is 289 g/mol. The van der Waals surface area contributed by atoms with Crippen molar-refractivity contribution < 1.29 is 14.7 Å². The van der Waals surface area contributed by atoms with Crippen LogP contribution in [0.4, 0.5) is 0 Å². The Hall–Kier alpha value is -2.14. The zero-order chi connectivity index (χ0) is 14.5. The van der Waals surface area contributed by atoms with Crippen molar-refractivity contribution in [1.82, 2.24) is 5.32 Å². The number of benzene rings is 1. The van der Waals surface area contributed by atoms with Gasteiger partial charge in [-0.1, -0.05) is 36.4 Å². The molecule has 1 aromatic heterocycles.